The van der Waals surface area contributed by atoms with E-state index in [9.17, 15) is 4.79 Å². The van der Waals surface area contributed by atoms with Crippen molar-refractivity contribution in [2.75, 3.05) is 6.54 Å². The van der Waals surface area contributed by atoms with Crippen molar-refractivity contribution >= 4 is 29.3 Å². The Morgan fingerprint density at radius 2 is 1.32 bits per heavy atom. The number of carbonyl (C=O) groups is 1. The zero-order valence-corrected chi connectivity index (χ0v) is 25.3. The second-order valence-corrected chi connectivity index (χ2v) is 11.4. The van der Waals surface area contributed by atoms with Crippen LogP contribution in [0.5, 0.6) is 5.75 Å². The average molecular weight is 568 g/mol. The van der Waals surface area contributed by atoms with Crippen LogP contribution in [0.2, 0.25) is 10.0 Å². The summed E-state index contributed by atoms with van der Waals surface area (Å²) in [7, 11) is 0. The van der Waals surface area contributed by atoms with Crippen LogP contribution in [0.4, 0.5) is 4.79 Å². The minimum Gasteiger partial charge on any atom is -0.404 e. The van der Waals surface area contributed by atoms with Gasteiger partial charge in [0.05, 0.1) is 10.0 Å². The minimum absolute atomic E-state index is 0.0272. The lowest BCUT2D eigenvalue weighted by molar-refractivity contribution is 0.199. The molecule has 1 aromatic heterocycles. The van der Waals surface area contributed by atoms with E-state index in [2.05, 4.69) is 17.4 Å². The van der Waals surface area contributed by atoms with E-state index in [1.807, 2.05) is 13.8 Å². The van der Waals surface area contributed by atoms with E-state index in [-0.39, 0.29) is 11.7 Å². The lowest BCUT2D eigenvalue weighted by atomic mass is 10.0. The third-order valence-electron chi connectivity index (χ3n) is 6.89. The first-order chi connectivity index (χ1) is 18.5. The van der Waals surface area contributed by atoms with Gasteiger partial charge in [-0.2, -0.15) is 0 Å². The van der Waals surface area contributed by atoms with Crippen molar-refractivity contribution in [3.05, 3.63) is 34.0 Å². The molecule has 1 amide bonds. The van der Waals surface area contributed by atoms with Gasteiger partial charge < -0.3 is 14.6 Å². The van der Waals surface area contributed by atoms with E-state index in [4.69, 9.17) is 32.5 Å². The Hall–Kier alpha value is -1.72. The van der Waals surface area contributed by atoms with E-state index in [0.717, 1.165) is 12.8 Å². The van der Waals surface area contributed by atoms with Crippen LogP contribution < -0.4 is 10.1 Å². The minimum atomic E-state index is -0.527. The zero-order valence-electron chi connectivity index (χ0n) is 23.8. The molecule has 0 saturated heterocycles. The predicted octanol–water partition coefficient (Wildman–Crippen LogP) is 11.1. The van der Waals surface area contributed by atoms with Crippen molar-refractivity contribution < 1.29 is 14.1 Å². The molecule has 0 radical (unpaired) electrons. The number of benzene rings is 1. The number of unbranched alkanes of at least 4 members (excludes halogenated alkanes) is 15. The number of rotatable bonds is 20. The highest BCUT2D eigenvalue weighted by atomic mass is 35.5. The van der Waals surface area contributed by atoms with Crippen LogP contribution in [0.3, 0.4) is 0 Å². The van der Waals surface area contributed by atoms with Crippen LogP contribution in [-0.2, 0) is 0 Å². The smallest absolute Gasteiger partial charge is 0.404 e. The van der Waals surface area contributed by atoms with Gasteiger partial charge in [-0.05, 0) is 18.6 Å². The molecule has 0 bridgehead atoms. The van der Waals surface area contributed by atoms with Crippen molar-refractivity contribution in [2.45, 2.75) is 129 Å². The molecule has 1 heterocycles. The fraction of sp³-hybridized carbons (Fsp3) is 0.677. The first-order valence-corrected chi connectivity index (χ1v) is 15.6. The van der Waals surface area contributed by atoms with Gasteiger partial charge in [0, 0.05) is 18.0 Å². The fourth-order valence-electron chi connectivity index (χ4n) is 4.64. The van der Waals surface area contributed by atoms with Crippen LogP contribution in [0.15, 0.2) is 22.7 Å². The third kappa shape index (κ3) is 12.0. The Morgan fingerprint density at radius 3 is 1.79 bits per heavy atom. The number of nitrogens with one attached hydrogen (secondary N) is 1. The van der Waals surface area contributed by atoms with Gasteiger partial charge in [-0.1, -0.05) is 152 Å². The molecular weight excluding hydrogens is 519 g/mol. The fourth-order valence-corrected chi connectivity index (χ4v) is 5.21. The molecule has 7 heteroatoms. The largest absolute Gasteiger partial charge is 0.412 e. The second-order valence-electron chi connectivity index (χ2n) is 10.6. The monoisotopic (exact) mass is 566 g/mol. The Balaban J connectivity index is 1.57. The van der Waals surface area contributed by atoms with Crippen LogP contribution >= 0.6 is 23.2 Å². The number of hydrogen-bond acceptors (Lipinski definition) is 4. The Kier molecular flexibility index (Phi) is 16.6. The van der Waals surface area contributed by atoms with Crippen molar-refractivity contribution in [3.63, 3.8) is 0 Å². The molecule has 0 saturated carbocycles. The summed E-state index contributed by atoms with van der Waals surface area (Å²) in [6.07, 6.45) is 20.6. The summed E-state index contributed by atoms with van der Waals surface area (Å²) in [4.78, 5) is 12.5. The molecular formula is C31H48Cl2N2O3. The van der Waals surface area contributed by atoms with E-state index < -0.39 is 6.09 Å². The van der Waals surface area contributed by atoms with Gasteiger partial charge in [0.2, 0.25) is 5.75 Å². The standard InChI is InChI=1S/C31H48Cl2N2O3/c1-4-5-6-7-8-9-10-11-12-13-14-15-16-17-18-19-23-34-31(36)37-30-28(35-38-29(30)24(2)3)27-25(32)21-20-22-26(27)33/h20-22,24H,4-19,23H2,1-3H3,(H,34,36). The number of amides is 1. The highest BCUT2D eigenvalue weighted by molar-refractivity contribution is 6.39. The number of ether oxygens (including phenoxy) is 1. The van der Waals surface area contributed by atoms with Gasteiger partial charge in [-0.3, -0.25) is 0 Å². The van der Waals surface area contributed by atoms with Crippen LogP contribution in [0, 0.1) is 0 Å². The Labute approximate surface area is 240 Å². The van der Waals surface area contributed by atoms with Crippen LogP contribution in [0.1, 0.15) is 135 Å². The van der Waals surface area contributed by atoms with E-state index in [0.29, 0.717) is 33.6 Å². The molecule has 0 spiro atoms. The number of carbonyl (C=O) groups excluding carboxylic acids is 1. The molecule has 0 unspecified atom stereocenters. The van der Waals surface area contributed by atoms with Gasteiger partial charge in [0.25, 0.3) is 0 Å². The molecule has 0 aliphatic rings. The Bertz CT molecular complexity index is 910. The molecule has 2 aromatic rings. The zero-order chi connectivity index (χ0) is 27.6. The van der Waals surface area contributed by atoms with E-state index >= 15 is 0 Å². The first-order valence-electron chi connectivity index (χ1n) is 14.8. The second kappa shape index (κ2) is 19.4. The number of nitrogens with zero attached hydrogens (tertiary/aromatic N) is 1. The predicted molar refractivity (Wildman–Crippen MR) is 160 cm³/mol. The maximum Gasteiger partial charge on any atom is 0.412 e. The van der Waals surface area contributed by atoms with Crippen LogP contribution in [-0.4, -0.2) is 17.8 Å². The molecule has 2 rings (SSSR count). The summed E-state index contributed by atoms with van der Waals surface area (Å²) >= 11 is 12.7. The maximum absolute atomic E-state index is 12.5. The van der Waals surface area contributed by atoms with E-state index in [1.165, 1.54) is 89.9 Å². The quantitative estimate of drug-likeness (QED) is 0.162. The molecule has 1 N–H and O–H groups in total. The topological polar surface area (TPSA) is 64.4 Å². The van der Waals surface area contributed by atoms with Gasteiger partial charge in [0.15, 0.2) is 11.5 Å². The molecule has 0 aliphatic carbocycles. The third-order valence-corrected chi connectivity index (χ3v) is 7.52. The van der Waals surface area contributed by atoms with Gasteiger partial charge >= 0.3 is 6.09 Å². The summed E-state index contributed by atoms with van der Waals surface area (Å²) in [5.41, 5.74) is 0.828. The highest BCUT2D eigenvalue weighted by Gasteiger charge is 2.26. The van der Waals surface area contributed by atoms with Gasteiger partial charge in [0.1, 0.15) is 0 Å². The summed E-state index contributed by atoms with van der Waals surface area (Å²) in [5.74, 6) is 0.716. The maximum atomic E-state index is 12.5. The molecule has 214 valence electrons. The molecule has 0 atom stereocenters. The Morgan fingerprint density at radius 1 is 0.842 bits per heavy atom. The average Bonchev–Trinajstić information content (AvgIpc) is 3.29. The highest BCUT2D eigenvalue weighted by Crippen LogP contribution is 2.42. The van der Waals surface area contributed by atoms with Gasteiger partial charge in [-0.25, -0.2) is 4.79 Å². The lowest BCUT2D eigenvalue weighted by Crippen LogP contribution is -2.28. The lowest BCUT2D eigenvalue weighted by Gasteiger charge is -2.10. The molecule has 0 fully saturated rings. The summed E-state index contributed by atoms with van der Waals surface area (Å²) in [6.45, 7) is 6.73. The van der Waals surface area contributed by atoms with Crippen LogP contribution in [0.25, 0.3) is 11.3 Å². The van der Waals surface area contributed by atoms with Crippen molar-refractivity contribution in [2.24, 2.45) is 0 Å². The van der Waals surface area contributed by atoms with Gasteiger partial charge in [-0.15, -0.1) is 0 Å². The van der Waals surface area contributed by atoms with Crippen molar-refractivity contribution in [1.82, 2.24) is 10.5 Å². The molecule has 38 heavy (non-hydrogen) atoms. The molecule has 1 aromatic carbocycles. The molecule has 5 nitrogen and oxygen atoms in total. The normalized spacial score (nSPS) is 11.3. The summed E-state index contributed by atoms with van der Waals surface area (Å²) < 4.78 is 11.1. The summed E-state index contributed by atoms with van der Waals surface area (Å²) in [6, 6.07) is 5.18. The van der Waals surface area contributed by atoms with Crippen molar-refractivity contribution in [3.8, 4) is 17.0 Å². The SMILES string of the molecule is CCCCCCCCCCCCCCCCCCNC(=O)Oc1c(-c2c(Cl)cccc2Cl)noc1C(C)C. The number of aromatic nitrogens is 1. The molecule has 0 aliphatic heterocycles. The summed E-state index contributed by atoms with van der Waals surface area (Å²) in [5, 5.41) is 7.80. The van der Waals surface area contributed by atoms with E-state index in [1.54, 1.807) is 18.2 Å². The van der Waals surface area contributed by atoms with Crippen molar-refractivity contribution in [1.29, 1.82) is 0 Å². The first kappa shape index (κ1) is 32.5. The number of hydrogen-bond donors (Lipinski definition) is 1. The number of halogens is 2.